The number of hydrogen-bond acceptors (Lipinski definition) is 5. The normalized spacial score (nSPS) is 15.8. The zero-order valence-corrected chi connectivity index (χ0v) is 20.0. The lowest BCUT2D eigenvalue weighted by atomic mass is 10.1. The molecule has 1 aliphatic heterocycles. The quantitative estimate of drug-likeness (QED) is 0.635. The molecule has 0 bridgehead atoms. The molecule has 32 heavy (non-hydrogen) atoms. The monoisotopic (exact) mass is 460 g/mol. The lowest BCUT2D eigenvalue weighted by Gasteiger charge is -2.26. The van der Waals surface area contributed by atoms with Crippen molar-refractivity contribution in [3.63, 3.8) is 0 Å². The van der Waals surface area contributed by atoms with E-state index in [1.165, 1.54) is 17.5 Å². The summed E-state index contributed by atoms with van der Waals surface area (Å²) < 4.78 is 39.2. The smallest absolute Gasteiger partial charge is 0.265 e. The zero-order chi connectivity index (χ0) is 23.3. The summed E-state index contributed by atoms with van der Waals surface area (Å²) in [4.78, 5) is 13.0. The summed E-state index contributed by atoms with van der Waals surface area (Å²) in [5, 5.41) is 2.81. The van der Waals surface area contributed by atoms with Crippen LogP contribution < -0.4 is 14.8 Å². The summed E-state index contributed by atoms with van der Waals surface area (Å²) in [6.07, 6.45) is 2.46. The molecule has 0 saturated carbocycles. The maximum atomic E-state index is 13.2. The van der Waals surface area contributed by atoms with Crippen LogP contribution in [0.4, 0.5) is 5.69 Å². The standard InChI is InChI=1S/C24H32N2O5S/c1-5-20(31-21-11-9-10-17(2)18(21)3)24(27)25-19-12-13-22(30-4)23(16-19)32(28,29)26-14-7-6-8-15-26/h9-13,16,20H,5-8,14-15H2,1-4H3,(H,25,27)/t20-/m1/s1. The van der Waals surface area contributed by atoms with Crippen LogP contribution in [-0.2, 0) is 14.8 Å². The van der Waals surface area contributed by atoms with Crippen molar-refractivity contribution < 1.29 is 22.7 Å². The van der Waals surface area contributed by atoms with E-state index in [0.717, 1.165) is 30.4 Å². The minimum Gasteiger partial charge on any atom is -0.495 e. The fourth-order valence-corrected chi connectivity index (χ4v) is 5.45. The van der Waals surface area contributed by atoms with Crippen LogP contribution in [0.1, 0.15) is 43.7 Å². The number of hydrogen-bond donors (Lipinski definition) is 1. The summed E-state index contributed by atoms with van der Waals surface area (Å²) >= 11 is 0. The minimum atomic E-state index is -3.72. The topological polar surface area (TPSA) is 84.9 Å². The van der Waals surface area contributed by atoms with Crippen molar-refractivity contribution >= 4 is 21.6 Å². The number of nitrogens with zero attached hydrogens (tertiary/aromatic N) is 1. The summed E-state index contributed by atoms with van der Waals surface area (Å²) in [6, 6.07) is 10.4. The van der Waals surface area contributed by atoms with E-state index < -0.39 is 16.1 Å². The maximum absolute atomic E-state index is 13.2. The molecule has 3 rings (SSSR count). The molecular weight excluding hydrogens is 428 g/mol. The summed E-state index contributed by atoms with van der Waals surface area (Å²) in [5.74, 6) is 0.585. The Labute approximate surface area is 190 Å². The molecular formula is C24H32N2O5S. The molecule has 0 aromatic heterocycles. The van der Waals surface area contributed by atoms with E-state index in [1.54, 1.807) is 12.1 Å². The third-order valence-electron chi connectivity index (χ3n) is 5.85. The van der Waals surface area contributed by atoms with Gasteiger partial charge in [0, 0.05) is 18.8 Å². The van der Waals surface area contributed by atoms with Gasteiger partial charge in [-0.25, -0.2) is 8.42 Å². The second-order valence-corrected chi connectivity index (χ2v) is 9.94. The Morgan fingerprint density at radius 1 is 1.09 bits per heavy atom. The largest absolute Gasteiger partial charge is 0.495 e. The van der Waals surface area contributed by atoms with E-state index in [2.05, 4.69) is 5.32 Å². The Bertz CT molecular complexity index is 1060. The van der Waals surface area contributed by atoms with Crippen LogP contribution in [0, 0.1) is 13.8 Å². The fraction of sp³-hybridized carbons (Fsp3) is 0.458. The van der Waals surface area contributed by atoms with Crippen LogP contribution in [0.25, 0.3) is 0 Å². The number of piperidine rings is 1. The SMILES string of the molecule is CC[C@@H](Oc1cccc(C)c1C)C(=O)Nc1ccc(OC)c(S(=O)(=O)N2CCCCC2)c1. The highest BCUT2D eigenvalue weighted by molar-refractivity contribution is 7.89. The van der Waals surface area contributed by atoms with Gasteiger partial charge in [0.15, 0.2) is 6.10 Å². The van der Waals surface area contributed by atoms with Gasteiger partial charge in [-0.2, -0.15) is 4.31 Å². The van der Waals surface area contributed by atoms with Gasteiger partial charge >= 0.3 is 0 Å². The number of carbonyl (C=O) groups is 1. The van der Waals surface area contributed by atoms with Gasteiger partial charge in [-0.15, -0.1) is 0 Å². The molecule has 1 aliphatic rings. The fourth-order valence-electron chi connectivity index (χ4n) is 3.75. The first-order valence-electron chi connectivity index (χ1n) is 11.0. The first kappa shape index (κ1) is 24.1. The van der Waals surface area contributed by atoms with E-state index in [9.17, 15) is 13.2 Å². The van der Waals surface area contributed by atoms with Crippen molar-refractivity contribution in [2.45, 2.75) is 57.5 Å². The number of methoxy groups -OCH3 is 1. The van der Waals surface area contributed by atoms with Crippen LogP contribution in [0.15, 0.2) is 41.3 Å². The van der Waals surface area contributed by atoms with E-state index in [0.29, 0.717) is 30.9 Å². The van der Waals surface area contributed by atoms with E-state index >= 15 is 0 Å². The highest BCUT2D eigenvalue weighted by atomic mass is 32.2. The Balaban J connectivity index is 1.82. The maximum Gasteiger partial charge on any atom is 0.265 e. The average molecular weight is 461 g/mol. The van der Waals surface area contributed by atoms with Gasteiger partial charge in [-0.3, -0.25) is 4.79 Å². The molecule has 174 valence electrons. The Kier molecular flexibility index (Phi) is 7.79. The van der Waals surface area contributed by atoms with Gasteiger partial charge in [0.25, 0.3) is 5.91 Å². The molecule has 0 spiro atoms. The molecule has 1 saturated heterocycles. The number of carbonyl (C=O) groups excluding carboxylic acids is 1. The predicted molar refractivity (Wildman–Crippen MR) is 125 cm³/mol. The average Bonchev–Trinajstić information content (AvgIpc) is 2.80. The molecule has 1 heterocycles. The number of rotatable bonds is 8. The van der Waals surface area contributed by atoms with Crippen molar-refractivity contribution in [1.29, 1.82) is 0 Å². The van der Waals surface area contributed by atoms with Gasteiger partial charge in [-0.05, 0) is 68.5 Å². The third-order valence-corrected chi connectivity index (χ3v) is 7.77. The Morgan fingerprint density at radius 2 is 1.81 bits per heavy atom. The first-order valence-corrected chi connectivity index (χ1v) is 12.4. The van der Waals surface area contributed by atoms with Crippen LogP contribution in [0.5, 0.6) is 11.5 Å². The highest BCUT2D eigenvalue weighted by Crippen LogP contribution is 2.31. The second-order valence-electron chi connectivity index (χ2n) is 8.03. The lowest BCUT2D eigenvalue weighted by molar-refractivity contribution is -0.122. The minimum absolute atomic E-state index is 0.0585. The molecule has 0 unspecified atom stereocenters. The van der Waals surface area contributed by atoms with Crippen molar-refractivity contribution in [2.75, 3.05) is 25.5 Å². The number of ether oxygens (including phenoxy) is 2. The number of anilines is 1. The van der Waals surface area contributed by atoms with Gasteiger partial charge in [0.05, 0.1) is 7.11 Å². The number of aryl methyl sites for hydroxylation is 1. The molecule has 8 heteroatoms. The third kappa shape index (κ3) is 5.24. The Morgan fingerprint density at radius 3 is 2.47 bits per heavy atom. The number of amides is 1. The van der Waals surface area contributed by atoms with Crippen molar-refractivity contribution in [3.05, 3.63) is 47.5 Å². The van der Waals surface area contributed by atoms with Gasteiger partial charge in [-0.1, -0.05) is 25.5 Å². The van der Waals surface area contributed by atoms with Gasteiger partial charge in [0.2, 0.25) is 10.0 Å². The van der Waals surface area contributed by atoms with Crippen LogP contribution in [-0.4, -0.2) is 44.9 Å². The predicted octanol–water partition coefficient (Wildman–Crippen LogP) is 4.28. The Hall–Kier alpha value is -2.58. The highest BCUT2D eigenvalue weighted by Gasteiger charge is 2.29. The van der Waals surface area contributed by atoms with Gasteiger partial charge < -0.3 is 14.8 Å². The van der Waals surface area contributed by atoms with Crippen molar-refractivity contribution in [3.8, 4) is 11.5 Å². The number of sulfonamides is 1. The van der Waals surface area contributed by atoms with Crippen LogP contribution in [0.3, 0.4) is 0 Å². The summed E-state index contributed by atoms with van der Waals surface area (Å²) in [5.41, 5.74) is 2.45. The first-order chi connectivity index (χ1) is 15.3. The van der Waals surface area contributed by atoms with Crippen molar-refractivity contribution in [2.24, 2.45) is 0 Å². The number of benzene rings is 2. The van der Waals surface area contributed by atoms with Crippen molar-refractivity contribution in [1.82, 2.24) is 4.31 Å². The second kappa shape index (κ2) is 10.4. The summed E-state index contributed by atoms with van der Waals surface area (Å²) in [7, 11) is -2.28. The molecule has 7 nitrogen and oxygen atoms in total. The van der Waals surface area contributed by atoms with Crippen LogP contribution in [0.2, 0.25) is 0 Å². The molecule has 2 aromatic rings. The van der Waals surface area contributed by atoms with E-state index in [1.807, 2.05) is 39.0 Å². The molecule has 2 aromatic carbocycles. The molecule has 0 radical (unpaired) electrons. The van der Waals surface area contributed by atoms with E-state index in [-0.39, 0.29) is 16.6 Å². The number of nitrogens with one attached hydrogen (secondary N) is 1. The zero-order valence-electron chi connectivity index (χ0n) is 19.2. The van der Waals surface area contributed by atoms with E-state index in [4.69, 9.17) is 9.47 Å². The molecule has 1 N–H and O–H groups in total. The summed E-state index contributed by atoms with van der Waals surface area (Å²) in [6.45, 7) is 6.80. The molecule has 0 aliphatic carbocycles. The lowest BCUT2D eigenvalue weighted by Crippen LogP contribution is -2.36. The van der Waals surface area contributed by atoms with Crippen LogP contribution >= 0.6 is 0 Å². The molecule has 1 amide bonds. The molecule has 1 atom stereocenters. The van der Waals surface area contributed by atoms with Gasteiger partial charge in [0.1, 0.15) is 16.4 Å². The molecule has 1 fully saturated rings.